The molecule has 5 nitrogen and oxygen atoms in total. The fourth-order valence-electron chi connectivity index (χ4n) is 5.87. The number of nitrogens with one attached hydrogen (secondary N) is 1. The number of halogens is 1. The highest BCUT2D eigenvalue weighted by atomic mass is 35.5. The predicted octanol–water partition coefficient (Wildman–Crippen LogP) is 6.73. The number of sulfone groups is 1. The van der Waals surface area contributed by atoms with E-state index in [0.29, 0.717) is 17.9 Å². The third-order valence-electron chi connectivity index (χ3n) is 7.78. The van der Waals surface area contributed by atoms with Crippen LogP contribution in [0.4, 0.5) is 0 Å². The summed E-state index contributed by atoms with van der Waals surface area (Å²) in [6.45, 7) is 0. The quantitative estimate of drug-likeness (QED) is 0.423. The first-order chi connectivity index (χ1) is 16.2. The molecule has 0 amide bonds. The first kappa shape index (κ1) is 27.5. The zero-order valence-corrected chi connectivity index (χ0v) is 22.2. The Bertz CT molecular complexity index is 870. The molecule has 3 fully saturated rings. The molecule has 0 bridgehead atoms. The zero-order valence-electron chi connectivity index (χ0n) is 20.6. The lowest BCUT2D eigenvalue weighted by atomic mass is 9.88. The van der Waals surface area contributed by atoms with E-state index < -0.39 is 21.7 Å². The first-order valence-corrected chi connectivity index (χ1v) is 15.5. The van der Waals surface area contributed by atoms with Gasteiger partial charge >= 0.3 is 5.97 Å². The lowest BCUT2D eigenvalue weighted by molar-refractivity contribution is -0.139. The molecule has 0 radical (unpaired) electrons. The highest BCUT2D eigenvalue weighted by Crippen LogP contribution is 2.36. The third-order valence-corrected chi connectivity index (χ3v) is 9.36. The highest BCUT2D eigenvalue weighted by molar-refractivity contribution is 7.90. The van der Waals surface area contributed by atoms with Gasteiger partial charge < -0.3 is 10.4 Å². The topological polar surface area (TPSA) is 83.5 Å². The van der Waals surface area contributed by atoms with E-state index in [1.165, 1.54) is 76.3 Å². The maximum absolute atomic E-state index is 11.5. The van der Waals surface area contributed by atoms with Crippen LogP contribution in [0.1, 0.15) is 108 Å². The van der Waals surface area contributed by atoms with Crippen LogP contribution in [0, 0.1) is 5.92 Å². The van der Waals surface area contributed by atoms with Crippen LogP contribution in [-0.4, -0.2) is 37.8 Å². The molecule has 0 aromatic heterocycles. The standard InChI is InChI=1S/C15H19ClO4S.C12H23N/c1-21(19,20)14-7-6-11(9-13(14)16)12(15(17)18)8-10-4-2-3-5-10;1-3-7-11(8-4-1)13-12-9-5-2-6-10-12/h6-7,9-10,12H,2-5,8H2,1H3,(H,17,18);11-13H,1-10H2/t12-;/m0./s1. The van der Waals surface area contributed by atoms with Gasteiger partial charge in [0.25, 0.3) is 0 Å². The Morgan fingerprint density at radius 1 is 0.941 bits per heavy atom. The molecular weight excluding hydrogens is 470 g/mol. The van der Waals surface area contributed by atoms with Crippen molar-refractivity contribution in [2.45, 2.75) is 119 Å². The van der Waals surface area contributed by atoms with E-state index in [2.05, 4.69) is 5.32 Å². The van der Waals surface area contributed by atoms with E-state index in [9.17, 15) is 18.3 Å². The van der Waals surface area contributed by atoms with Gasteiger partial charge in [0, 0.05) is 18.3 Å². The smallest absolute Gasteiger partial charge is 0.310 e. The second kappa shape index (κ2) is 13.3. The van der Waals surface area contributed by atoms with E-state index >= 15 is 0 Å². The van der Waals surface area contributed by atoms with E-state index in [1.54, 1.807) is 6.07 Å². The summed E-state index contributed by atoms with van der Waals surface area (Å²) in [6.07, 6.45) is 20.7. The van der Waals surface area contributed by atoms with Crippen LogP contribution in [0.15, 0.2) is 23.1 Å². The summed E-state index contributed by atoms with van der Waals surface area (Å²) >= 11 is 6.01. The minimum Gasteiger partial charge on any atom is -0.481 e. The van der Waals surface area contributed by atoms with Crippen LogP contribution in [0.2, 0.25) is 5.02 Å². The fraction of sp³-hybridized carbons (Fsp3) is 0.741. The van der Waals surface area contributed by atoms with Gasteiger partial charge in [0.15, 0.2) is 9.84 Å². The number of carboxylic acids is 1. The Balaban J connectivity index is 0.000000212. The van der Waals surface area contributed by atoms with Crippen LogP contribution in [0.3, 0.4) is 0 Å². The summed E-state index contributed by atoms with van der Waals surface area (Å²) < 4.78 is 23.1. The van der Waals surface area contributed by atoms with Crippen molar-refractivity contribution in [2.24, 2.45) is 5.92 Å². The minimum absolute atomic E-state index is 0.0397. The van der Waals surface area contributed by atoms with Gasteiger partial charge in [-0.05, 0) is 55.7 Å². The average molecular weight is 512 g/mol. The number of hydrogen-bond acceptors (Lipinski definition) is 4. The molecule has 192 valence electrons. The van der Waals surface area contributed by atoms with Crippen molar-refractivity contribution < 1.29 is 18.3 Å². The van der Waals surface area contributed by atoms with Gasteiger partial charge in [0.1, 0.15) is 0 Å². The monoisotopic (exact) mass is 511 g/mol. The van der Waals surface area contributed by atoms with Crippen molar-refractivity contribution in [2.75, 3.05) is 6.26 Å². The molecule has 3 aliphatic carbocycles. The molecule has 0 unspecified atom stereocenters. The van der Waals surface area contributed by atoms with Crippen molar-refractivity contribution in [3.8, 4) is 0 Å². The Hall–Kier alpha value is -1.11. The molecule has 0 spiro atoms. The van der Waals surface area contributed by atoms with Gasteiger partial charge in [-0.3, -0.25) is 4.79 Å². The van der Waals surface area contributed by atoms with Crippen molar-refractivity contribution in [1.29, 1.82) is 0 Å². The molecule has 7 heteroatoms. The summed E-state index contributed by atoms with van der Waals surface area (Å²) in [5, 5.41) is 13.4. The van der Waals surface area contributed by atoms with Gasteiger partial charge in [-0.2, -0.15) is 0 Å². The Morgan fingerprint density at radius 3 is 1.88 bits per heavy atom. The van der Waals surface area contributed by atoms with Crippen molar-refractivity contribution in [3.05, 3.63) is 28.8 Å². The predicted molar refractivity (Wildman–Crippen MR) is 138 cm³/mol. The van der Waals surface area contributed by atoms with E-state index in [0.717, 1.165) is 44.0 Å². The van der Waals surface area contributed by atoms with E-state index in [4.69, 9.17) is 11.6 Å². The van der Waals surface area contributed by atoms with Crippen molar-refractivity contribution >= 4 is 27.4 Å². The molecule has 1 aromatic carbocycles. The molecule has 2 N–H and O–H groups in total. The molecule has 3 aliphatic rings. The van der Waals surface area contributed by atoms with Crippen LogP contribution in [0.25, 0.3) is 0 Å². The molecule has 34 heavy (non-hydrogen) atoms. The molecule has 1 atom stereocenters. The number of aliphatic carboxylic acids is 1. The maximum Gasteiger partial charge on any atom is 0.310 e. The molecule has 0 saturated heterocycles. The van der Waals surface area contributed by atoms with Gasteiger partial charge in [0.05, 0.1) is 15.8 Å². The molecule has 0 aliphatic heterocycles. The number of carboxylic acid groups (broad SMARTS) is 1. The summed E-state index contributed by atoms with van der Waals surface area (Å²) in [7, 11) is -3.40. The van der Waals surface area contributed by atoms with E-state index in [-0.39, 0.29) is 9.92 Å². The largest absolute Gasteiger partial charge is 0.481 e. The van der Waals surface area contributed by atoms with Crippen LogP contribution in [0.5, 0.6) is 0 Å². The fourth-order valence-corrected chi connectivity index (χ4v) is 7.20. The number of hydrogen-bond donors (Lipinski definition) is 2. The SMILES string of the molecule is C1CCC(NC2CCCCC2)CC1.CS(=O)(=O)c1ccc([C@H](CC2CCCC2)C(=O)O)cc1Cl. The molecule has 0 heterocycles. The molecule has 1 aromatic rings. The Labute approximate surface area is 211 Å². The third kappa shape index (κ3) is 8.53. The van der Waals surface area contributed by atoms with Gasteiger partial charge in [-0.25, -0.2) is 8.42 Å². The number of rotatable bonds is 7. The summed E-state index contributed by atoms with van der Waals surface area (Å²) in [5.41, 5.74) is 0.576. The van der Waals surface area contributed by atoms with Crippen molar-refractivity contribution in [3.63, 3.8) is 0 Å². The first-order valence-electron chi connectivity index (χ1n) is 13.2. The van der Waals surface area contributed by atoms with Gasteiger partial charge in [0.2, 0.25) is 0 Å². The van der Waals surface area contributed by atoms with Crippen molar-refractivity contribution in [1.82, 2.24) is 5.32 Å². The van der Waals surface area contributed by atoms with Gasteiger partial charge in [-0.1, -0.05) is 81.9 Å². The normalized spacial score (nSPS) is 21.6. The molecular formula is C27H42ClNO4S. The highest BCUT2D eigenvalue weighted by Gasteiger charge is 2.27. The zero-order chi connectivity index (χ0) is 24.6. The summed E-state index contributed by atoms with van der Waals surface area (Å²) in [4.78, 5) is 11.6. The second-order valence-corrected chi connectivity index (χ2v) is 13.0. The lowest BCUT2D eigenvalue weighted by Crippen LogP contribution is -2.40. The number of carbonyl (C=O) groups is 1. The van der Waals surface area contributed by atoms with Crippen LogP contribution in [-0.2, 0) is 14.6 Å². The van der Waals surface area contributed by atoms with E-state index in [1.807, 2.05) is 0 Å². The Morgan fingerprint density at radius 2 is 1.44 bits per heavy atom. The second-order valence-electron chi connectivity index (χ2n) is 10.6. The van der Waals surface area contributed by atoms with Crippen LogP contribution < -0.4 is 5.32 Å². The summed E-state index contributed by atoms with van der Waals surface area (Å²) in [5.74, 6) is -1.08. The van der Waals surface area contributed by atoms with Crippen LogP contribution >= 0.6 is 11.6 Å². The maximum atomic E-state index is 11.5. The lowest BCUT2D eigenvalue weighted by Gasteiger charge is -2.30. The minimum atomic E-state index is -3.40. The average Bonchev–Trinajstić information content (AvgIpc) is 3.32. The molecule has 3 saturated carbocycles. The van der Waals surface area contributed by atoms with Gasteiger partial charge in [-0.15, -0.1) is 0 Å². The Kier molecular flexibility index (Phi) is 10.7. The summed E-state index contributed by atoms with van der Waals surface area (Å²) in [6, 6.07) is 6.19. The number of benzene rings is 1. The molecule has 4 rings (SSSR count).